The van der Waals surface area contributed by atoms with Crippen LogP contribution in [0.1, 0.15) is 24.2 Å². The van der Waals surface area contributed by atoms with Gasteiger partial charge in [0.1, 0.15) is 5.82 Å². The Morgan fingerprint density at radius 2 is 1.64 bits per heavy atom. The van der Waals surface area contributed by atoms with E-state index >= 15 is 0 Å². The van der Waals surface area contributed by atoms with E-state index in [1.165, 1.54) is 24.3 Å². The number of hydrogen-bond donors (Lipinski definition) is 2. The van der Waals surface area contributed by atoms with Crippen LogP contribution in [-0.2, 0) is 4.79 Å². The average Bonchev–Trinajstić information content (AvgIpc) is 2.49. The topological polar surface area (TPSA) is 58.2 Å². The summed E-state index contributed by atoms with van der Waals surface area (Å²) >= 11 is 0. The molecule has 0 atom stereocenters. The lowest BCUT2D eigenvalue weighted by molar-refractivity contribution is -0.118. The van der Waals surface area contributed by atoms with E-state index in [0.717, 1.165) is 0 Å². The van der Waals surface area contributed by atoms with Gasteiger partial charge in [-0.2, -0.15) is 0 Å². The Hall–Kier alpha value is -2.69. The number of halogens is 1. The maximum atomic E-state index is 12.8. The fraction of sp³-hybridized carbons (Fsp3) is 0.176. The lowest BCUT2D eigenvalue weighted by atomic mass is 10.1. The van der Waals surface area contributed by atoms with Gasteiger partial charge in [0.15, 0.2) is 0 Å². The van der Waals surface area contributed by atoms with E-state index in [-0.39, 0.29) is 23.5 Å². The van der Waals surface area contributed by atoms with Crippen LogP contribution >= 0.6 is 0 Å². The zero-order valence-electron chi connectivity index (χ0n) is 12.4. The Kier molecular flexibility index (Phi) is 4.88. The Balaban J connectivity index is 2.09. The number of rotatable bonds is 4. The minimum atomic E-state index is -0.364. The molecular weight excluding hydrogens is 283 g/mol. The molecule has 0 bridgehead atoms. The predicted octanol–water partition coefficient (Wildman–Crippen LogP) is 3.67. The molecule has 2 rings (SSSR count). The van der Waals surface area contributed by atoms with Crippen molar-refractivity contribution in [3.05, 3.63) is 59.9 Å². The van der Waals surface area contributed by atoms with Crippen LogP contribution in [0.5, 0.6) is 0 Å². The van der Waals surface area contributed by atoms with Gasteiger partial charge in [0.25, 0.3) is 5.91 Å². The highest BCUT2D eigenvalue weighted by molar-refractivity contribution is 6.05. The second kappa shape index (κ2) is 6.85. The van der Waals surface area contributed by atoms with Crippen molar-refractivity contribution in [2.45, 2.75) is 13.8 Å². The van der Waals surface area contributed by atoms with E-state index in [2.05, 4.69) is 10.6 Å². The summed E-state index contributed by atoms with van der Waals surface area (Å²) in [7, 11) is 0. The maximum Gasteiger partial charge on any atom is 0.255 e. The van der Waals surface area contributed by atoms with Crippen molar-refractivity contribution in [2.24, 2.45) is 5.92 Å². The molecule has 0 fully saturated rings. The number of benzene rings is 2. The van der Waals surface area contributed by atoms with Crippen molar-refractivity contribution < 1.29 is 14.0 Å². The second-order valence-electron chi connectivity index (χ2n) is 5.19. The molecule has 0 saturated heterocycles. The summed E-state index contributed by atoms with van der Waals surface area (Å²) < 4.78 is 12.8. The van der Waals surface area contributed by atoms with Crippen LogP contribution in [0, 0.1) is 11.7 Å². The first-order valence-electron chi connectivity index (χ1n) is 6.93. The Morgan fingerprint density at radius 1 is 0.955 bits per heavy atom. The van der Waals surface area contributed by atoms with Gasteiger partial charge in [-0.15, -0.1) is 0 Å². The summed E-state index contributed by atoms with van der Waals surface area (Å²) in [5, 5.41) is 5.41. The molecular formula is C17H17FN2O2. The zero-order valence-corrected chi connectivity index (χ0v) is 12.4. The van der Waals surface area contributed by atoms with E-state index in [4.69, 9.17) is 0 Å². The van der Waals surface area contributed by atoms with E-state index in [9.17, 15) is 14.0 Å². The lowest BCUT2D eigenvalue weighted by Crippen LogP contribution is -2.18. The van der Waals surface area contributed by atoms with E-state index in [1.54, 1.807) is 38.1 Å². The third-order valence-electron chi connectivity index (χ3n) is 3.02. The molecule has 0 saturated carbocycles. The number of hydrogen-bond acceptors (Lipinski definition) is 2. The number of carbonyl (C=O) groups is 2. The van der Waals surface area contributed by atoms with Gasteiger partial charge in [0.05, 0.1) is 0 Å². The van der Waals surface area contributed by atoms with Crippen LogP contribution in [0.2, 0.25) is 0 Å². The molecule has 2 aromatic carbocycles. The average molecular weight is 300 g/mol. The molecule has 0 aromatic heterocycles. The molecule has 2 N–H and O–H groups in total. The normalized spacial score (nSPS) is 10.4. The third kappa shape index (κ3) is 4.15. The van der Waals surface area contributed by atoms with Gasteiger partial charge >= 0.3 is 0 Å². The zero-order chi connectivity index (χ0) is 16.1. The van der Waals surface area contributed by atoms with Crippen LogP contribution < -0.4 is 10.6 Å². The Labute approximate surface area is 128 Å². The van der Waals surface area contributed by atoms with Crippen LogP contribution in [0.25, 0.3) is 0 Å². The van der Waals surface area contributed by atoms with Crippen LogP contribution in [-0.4, -0.2) is 11.8 Å². The SMILES string of the molecule is CC(C)C(=O)Nc1cccc(C(=O)Nc2ccc(F)cc2)c1. The van der Waals surface area contributed by atoms with Crippen LogP contribution in [0.4, 0.5) is 15.8 Å². The minimum absolute atomic E-state index is 0.115. The quantitative estimate of drug-likeness (QED) is 0.905. The molecule has 0 radical (unpaired) electrons. The summed E-state index contributed by atoms with van der Waals surface area (Å²) in [6, 6.07) is 12.2. The van der Waals surface area contributed by atoms with Crippen molar-refractivity contribution in [3.63, 3.8) is 0 Å². The number of amides is 2. The molecule has 0 aliphatic rings. The van der Waals surface area contributed by atoms with Crippen LogP contribution in [0.3, 0.4) is 0 Å². The predicted molar refractivity (Wildman–Crippen MR) is 84.3 cm³/mol. The van der Waals surface area contributed by atoms with Crippen molar-refractivity contribution in [1.29, 1.82) is 0 Å². The fourth-order valence-electron chi connectivity index (χ4n) is 1.76. The highest BCUT2D eigenvalue weighted by atomic mass is 19.1. The van der Waals surface area contributed by atoms with E-state index in [1.807, 2.05) is 0 Å². The molecule has 2 amide bonds. The number of anilines is 2. The summed E-state index contributed by atoms with van der Waals surface area (Å²) in [6.45, 7) is 3.58. The summed E-state index contributed by atoms with van der Waals surface area (Å²) in [6.07, 6.45) is 0. The van der Waals surface area contributed by atoms with Crippen molar-refractivity contribution in [2.75, 3.05) is 10.6 Å². The van der Waals surface area contributed by atoms with Gasteiger partial charge in [-0.1, -0.05) is 19.9 Å². The van der Waals surface area contributed by atoms with Gasteiger partial charge < -0.3 is 10.6 Å². The second-order valence-corrected chi connectivity index (χ2v) is 5.19. The Morgan fingerprint density at radius 3 is 2.27 bits per heavy atom. The maximum absolute atomic E-state index is 12.8. The van der Waals surface area contributed by atoms with Crippen molar-refractivity contribution in [1.82, 2.24) is 0 Å². The number of nitrogens with one attached hydrogen (secondary N) is 2. The highest BCUT2D eigenvalue weighted by Gasteiger charge is 2.10. The smallest absolute Gasteiger partial charge is 0.255 e. The molecule has 114 valence electrons. The first-order chi connectivity index (χ1) is 10.5. The first-order valence-corrected chi connectivity index (χ1v) is 6.93. The molecule has 4 nitrogen and oxygen atoms in total. The number of carbonyl (C=O) groups excluding carboxylic acids is 2. The monoisotopic (exact) mass is 300 g/mol. The highest BCUT2D eigenvalue weighted by Crippen LogP contribution is 2.15. The van der Waals surface area contributed by atoms with E-state index < -0.39 is 0 Å². The van der Waals surface area contributed by atoms with Gasteiger partial charge in [-0.3, -0.25) is 9.59 Å². The van der Waals surface area contributed by atoms with Crippen molar-refractivity contribution >= 4 is 23.2 Å². The molecule has 0 aliphatic carbocycles. The fourth-order valence-corrected chi connectivity index (χ4v) is 1.76. The summed E-state index contributed by atoms with van der Waals surface area (Å²) in [5.74, 6) is -0.948. The van der Waals surface area contributed by atoms with Gasteiger partial charge in [-0.25, -0.2) is 4.39 Å². The minimum Gasteiger partial charge on any atom is -0.326 e. The van der Waals surface area contributed by atoms with Gasteiger partial charge in [0, 0.05) is 22.9 Å². The first kappa shape index (κ1) is 15.7. The van der Waals surface area contributed by atoms with Crippen LogP contribution in [0.15, 0.2) is 48.5 Å². The molecule has 0 unspecified atom stereocenters. The molecule has 0 spiro atoms. The molecule has 0 heterocycles. The van der Waals surface area contributed by atoms with Gasteiger partial charge in [-0.05, 0) is 42.5 Å². The molecule has 2 aromatic rings. The van der Waals surface area contributed by atoms with E-state index in [0.29, 0.717) is 16.9 Å². The summed E-state index contributed by atoms with van der Waals surface area (Å²) in [4.78, 5) is 23.8. The molecule has 0 aliphatic heterocycles. The molecule has 22 heavy (non-hydrogen) atoms. The molecule has 5 heteroatoms. The Bertz CT molecular complexity index is 681. The lowest BCUT2D eigenvalue weighted by Gasteiger charge is -2.10. The third-order valence-corrected chi connectivity index (χ3v) is 3.02. The van der Waals surface area contributed by atoms with Crippen molar-refractivity contribution in [3.8, 4) is 0 Å². The standard InChI is InChI=1S/C17H17FN2O2/c1-11(2)16(21)20-15-5-3-4-12(10-15)17(22)19-14-8-6-13(18)7-9-14/h3-11H,1-2H3,(H,19,22)(H,20,21). The largest absolute Gasteiger partial charge is 0.326 e. The van der Waals surface area contributed by atoms with Gasteiger partial charge in [0.2, 0.25) is 5.91 Å². The summed E-state index contributed by atoms with van der Waals surface area (Å²) in [5.41, 5.74) is 1.47.